The molecule has 1 aromatic carbocycles. The van der Waals surface area contributed by atoms with Crippen LogP contribution in [-0.2, 0) is 0 Å². The Kier molecular flexibility index (Phi) is 3.66. The smallest absolute Gasteiger partial charge is 0.287 e. The van der Waals surface area contributed by atoms with Crippen molar-refractivity contribution in [3.63, 3.8) is 0 Å². The molecule has 1 heterocycles. The molecule has 1 aromatic heterocycles. The van der Waals surface area contributed by atoms with Crippen molar-refractivity contribution in [3.05, 3.63) is 42.2 Å². The van der Waals surface area contributed by atoms with Crippen LogP contribution < -0.4 is 15.8 Å². The van der Waals surface area contributed by atoms with Gasteiger partial charge in [0.05, 0.1) is 7.11 Å². The van der Waals surface area contributed by atoms with Gasteiger partial charge in [-0.3, -0.25) is 4.79 Å². The van der Waals surface area contributed by atoms with Crippen LogP contribution in [0.25, 0.3) is 11.3 Å². The van der Waals surface area contributed by atoms with Crippen molar-refractivity contribution < 1.29 is 13.9 Å². The highest BCUT2D eigenvalue weighted by molar-refractivity contribution is 5.92. The lowest BCUT2D eigenvalue weighted by Gasteiger charge is -2.33. The van der Waals surface area contributed by atoms with Crippen molar-refractivity contribution in [3.8, 4) is 17.1 Å². The summed E-state index contributed by atoms with van der Waals surface area (Å²) < 4.78 is 10.7. The standard InChI is InChI=1S/C16H18N2O3/c1-20-11-4-2-10(3-5-11)14-8-9-15(21-14)16(19)18-13-7-6-12(13)17/h2-5,8-9,12-13H,6-7,17H2,1H3,(H,18,19)/t12-,13+/m0/s1. The third-order valence-corrected chi connectivity index (χ3v) is 3.85. The lowest BCUT2D eigenvalue weighted by molar-refractivity contribution is 0.0878. The molecule has 2 atom stereocenters. The van der Waals surface area contributed by atoms with Crippen LogP contribution in [0.15, 0.2) is 40.8 Å². The lowest BCUT2D eigenvalue weighted by atomic mass is 9.87. The van der Waals surface area contributed by atoms with E-state index >= 15 is 0 Å². The van der Waals surface area contributed by atoms with E-state index in [1.165, 1.54) is 0 Å². The van der Waals surface area contributed by atoms with E-state index in [2.05, 4.69) is 5.32 Å². The SMILES string of the molecule is COc1ccc(-c2ccc(C(=O)N[C@@H]3CC[C@@H]3N)o2)cc1. The number of hydrogen-bond donors (Lipinski definition) is 2. The molecule has 21 heavy (non-hydrogen) atoms. The molecule has 0 unspecified atom stereocenters. The Hall–Kier alpha value is -2.27. The summed E-state index contributed by atoms with van der Waals surface area (Å²) in [6, 6.07) is 11.1. The number of carbonyl (C=O) groups is 1. The number of furan rings is 1. The molecule has 1 amide bonds. The summed E-state index contributed by atoms with van der Waals surface area (Å²) in [5.41, 5.74) is 6.71. The number of methoxy groups -OCH3 is 1. The molecule has 5 nitrogen and oxygen atoms in total. The summed E-state index contributed by atoms with van der Waals surface area (Å²) in [5, 5.41) is 2.89. The minimum Gasteiger partial charge on any atom is -0.497 e. The van der Waals surface area contributed by atoms with Gasteiger partial charge in [0.25, 0.3) is 5.91 Å². The van der Waals surface area contributed by atoms with E-state index in [9.17, 15) is 4.79 Å². The van der Waals surface area contributed by atoms with Crippen LogP contribution in [0.4, 0.5) is 0 Å². The van der Waals surface area contributed by atoms with Crippen LogP contribution in [-0.4, -0.2) is 25.1 Å². The Bertz CT molecular complexity index is 633. The molecule has 2 aromatic rings. The summed E-state index contributed by atoms with van der Waals surface area (Å²) in [4.78, 5) is 12.1. The third-order valence-electron chi connectivity index (χ3n) is 3.85. The number of nitrogens with two attached hydrogens (primary N) is 1. The zero-order valence-electron chi connectivity index (χ0n) is 11.8. The van der Waals surface area contributed by atoms with E-state index in [4.69, 9.17) is 14.9 Å². The van der Waals surface area contributed by atoms with Gasteiger partial charge in [-0.2, -0.15) is 0 Å². The normalized spacial score (nSPS) is 20.7. The fraction of sp³-hybridized carbons (Fsp3) is 0.312. The Morgan fingerprint density at radius 2 is 2.00 bits per heavy atom. The topological polar surface area (TPSA) is 77.5 Å². The molecule has 110 valence electrons. The van der Waals surface area contributed by atoms with Crippen molar-refractivity contribution >= 4 is 5.91 Å². The first-order valence-electron chi connectivity index (χ1n) is 6.98. The molecule has 3 N–H and O–H groups in total. The average Bonchev–Trinajstić information content (AvgIpc) is 3.01. The largest absolute Gasteiger partial charge is 0.497 e. The van der Waals surface area contributed by atoms with Gasteiger partial charge >= 0.3 is 0 Å². The highest BCUT2D eigenvalue weighted by Crippen LogP contribution is 2.25. The maximum Gasteiger partial charge on any atom is 0.287 e. The van der Waals surface area contributed by atoms with Crippen molar-refractivity contribution in [2.45, 2.75) is 24.9 Å². The Balaban J connectivity index is 1.71. The zero-order valence-corrected chi connectivity index (χ0v) is 11.8. The number of ether oxygens (including phenoxy) is 1. The molecule has 0 bridgehead atoms. The summed E-state index contributed by atoms with van der Waals surface area (Å²) in [7, 11) is 1.62. The fourth-order valence-corrected chi connectivity index (χ4v) is 2.31. The van der Waals surface area contributed by atoms with Crippen LogP contribution in [0.2, 0.25) is 0 Å². The number of rotatable bonds is 4. The molecule has 1 fully saturated rings. The van der Waals surface area contributed by atoms with E-state index in [-0.39, 0.29) is 18.0 Å². The second kappa shape index (κ2) is 5.61. The van der Waals surface area contributed by atoms with Gasteiger partial charge in [0.15, 0.2) is 5.76 Å². The number of amides is 1. The van der Waals surface area contributed by atoms with Crippen molar-refractivity contribution in [1.82, 2.24) is 5.32 Å². The highest BCUT2D eigenvalue weighted by atomic mass is 16.5. The maximum absolute atomic E-state index is 12.1. The van der Waals surface area contributed by atoms with Crippen LogP contribution >= 0.6 is 0 Å². The van der Waals surface area contributed by atoms with Crippen molar-refractivity contribution in [2.24, 2.45) is 5.73 Å². The summed E-state index contributed by atoms with van der Waals surface area (Å²) >= 11 is 0. The van der Waals surface area contributed by atoms with Gasteiger partial charge < -0.3 is 20.2 Å². The van der Waals surface area contributed by atoms with Gasteiger partial charge in [-0.1, -0.05) is 0 Å². The van der Waals surface area contributed by atoms with Crippen molar-refractivity contribution in [2.75, 3.05) is 7.11 Å². The molecular formula is C16H18N2O3. The Morgan fingerprint density at radius 3 is 2.57 bits per heavy atom. The minimum atomic E-state index is -0.213. The monoisotopic (exact) mass is 286 g/mol. The second-order valence-electron chi connectivity index (χ2n) is 5.21. The van der Waals surface area contributed by atoms with Gasteiger partial charge in [-0.25, -0.2) is 0 Å². The van der Waals surface area contributed by atoms with Gasteiger partial charge in [-0.05, 0) is 49.2 Å². The second-order valence-corrected chi connectivity index (χ2v) is 5.21. The van der Waals surface area contributed by atoms with Crippen molar-refractivity contribution in [1.29, 1.82) is 0 Å². The molecular weight excluding hydrogens is 268 g/mol. The predicted octanol–water partition coefficient (Wildman–Crippen LogP) is 2.17. The first-order chi connectivity index (χ1) is 10.2. The Labute approximate surface area is 123 Å². The summed E-state index contributed by atoms with van der Waals surface area (Å²) in [5.74, 6) is 1.53. The molecule has 1 aliphatic carbocycles. The predicted molar refractivity (Wildman–Crippen MR) is 79.2 cm³/mol. The first kappa shape index (κ1) is 13.7. The van der Waals surface area contributed by atoms with Gasteiger partial charge in [0.1, 0.15) is 11.5 Å². The minimum absolute atomic E-state index is 0.0602. The van der Waals surface area contributed by atoms with Gasteiger partial charge in [0, 0.05) is 17.6 Å². The lowest BCUT2D eigenvalue weighted by Crippen LogP contribution is -2.54. The van der Waals surface area contributed by atoms with E-state index in [0.717, 1.165) is 24.2 Å². The van der Waals surface area contributed by atoms with Crippen LogP contribution in [0.3, 0.4) is 0 Å². The molecule has 1 saturated carbocycles. The molecule has 0 radical (unpaired) electrons. The summed E-state index contributed by atoms with van der Waals surface area (Å²) in [6.45, 7) is 0. The van der Waals surface area contributed by atoms with E-state index in [0.29, 0.717) is 11.5 Å². The molecule has 0 saturated heterocycles. The van der Waals surface area contributed by atoms with E-state index < -0.39 is 0 Å². The van der Waals surface area contributed by atoms with Gasteiger partial charge in [-0.15, -0.1) is 0 Å². The molecule has 0 aliphatic heterocycles. The maximum atomic E-state index is 12.1. The van der Waals surface area contributed by atoms with Gasteiger partial charge in [0.2, 0.25) is 0 Å². The number of benzene rings is 1. The van der Waals surface area contributed by atoms with Crippen LogP contribution in [0.1, 0.15) is 23.4 Å². The zero-order chi connectivity index (χ0) is 14.8. The Morgan fingerprint density at radius 1 is 1.24 bits per heavy atom. The quantitative estimate of drug-likeness (QED) is 0.903. The van der Waals surface area contributed by atoms with Crippen LogP contribution in [0.5, 0.6) is 5.75 Å². The molecule has 5 heteroatoms. The number of carbonyl (C=O) groups excluding carboxylic acids is 1. The third kappa shape index (κ3) is 2.78. The fourth-order valence-electron chi connectivity index (χ4n) is 2.31. The molecule has 1 aliphatic rings. The first-order valence-corrected chi connectivity index (χ1v) is 6.98. The number of nitrogens with one attached hydrogen (secondary N) is 1. The highest BCUT2D eigenvalue weighted by Gasteiger charge is 2.29. The van der Waals surface area contributed by atoms with E-state index in [1.54, 1.807) is 19.2 Å². The average molecular weight is 286 g/mol. The molecule has 3 rings (SSSR count). The van der Waals surface area contributed by atoms with Crippen LogP contribution in [0, 0.1) is 0 Å². The van der Waals surface area contributed by atoms with E-state index in [1.807, 2.05) is 24.3 Å². The summed E-state index contributed by atoms with van der Waals surface area (Å²) in [6.07, 6.45) is 1.89. The number of hydrogen-bond acceptors (Lipinski definition) is 4. The molecule has 0 spiro atoms.